The third-order valence-corrected chi connectivity index (χ3v) is 6.59. The summed E-state index contributed by atoms with van der Waals surface area (Å²) in [5, 5.41) is 3.99. The highest BCUT2D eigenvalue weighted by atomic mass is 16.5. The molecule has 0 aliphatic carbocycles. The molecular formula is C30H33N3O5. The van der Waals surface area contributed by atoms with E-state index in [-0.39, 0.29) is 11.8 Å². The molecule has 2 N–H and O–H groups in total. The molecule has 0 saturated heterocycles. The van der Waals surface area contributed by atoms with Crippen molar-refractivity contribution in [1.29, 1.82) is 0 Å². The number of aromatic nitrogens is 1. The summed E-state index contributed by atoms with van der Waals surface area (Å²) in [7, 11) is 6.49. The highest BCUT2D eigenvalue weighted by Gasteiger charge is 2.26. The van der Waals surface area contributed by atoms with Crippen LogP contribution in [-0.4, -0.2) is 62.7 Å². The van der Waals surface area contributed by atoms with Gasteiger partial charge in [-0.3, -0.25) is 9.59 Å². The number of ether oxygens (including phenoxy) is 3. The summed E-state index contributed by atoms with van der Waals surface area (Å²) in [4.78, 5) is 31.8. The molecule has 1 atom stereocenters. The topological polar surface area (TPSA) is 92.9 Å². The molecule has 1 heterocycles. The van der Waals surface area contributed by atoms with Gasteiger partial charge in [0, 0.05) is 42.7 Å². The first-order valence-electron chi connectivity index (χ1n) is 12.4. The number of amides is 2. The largest absolute Gasteiger partial charge is 0.497 e. The lowest BCUT2D eigenvalue weighted by molar-refractivity contribution is -0.131. The molecule has 8 nitrogen and oxygen atoms in total. The molecule has 2 amide bonds. The smallest absolute Gasteiger partial charge is 0.252 e. The number of carbonyl (C=O) groups is 2. The average Bonchev–Trinajstić information content (AvgIpc) is 3.37. The molecule has 0 fully saturated rings. The van der Waals surface area contributed by atoms with Gasteiger partial charge in [-0.05, 0) is 53.9 Å². The number of H-pyrrole nitrogens is 1. The number of para-hydroxylation sites is 1. The SMILES string of the molecule is COc1cccc(C(=O)NC(Cc2c[nH]c3ccccc23)C(=O)N(C)CCc2ccc(OC)c(OC)c2)c1. The number of rotatable bonds is 11. The summed E-state index contributed by atoms with van der Waals surface area (Å²) in [6, 6.07) is 19.7. The molecule has 0 aliphatic rings. The van der Waals surface area contributed by atoms with Crippen molar-refractivity contribution in [2.24, 2.45) is 0 Å². The van der Waals surface area contributed by atoms with Gasteiger partial charge in [0.1, 0.15) is 11.8 Å². The van der Waals surface area contributed by atoms with Crippen molar-refractivity contribution in [3.05, 3.63) is 89.6 Å². The fraction of sp³-hybridized carbons (Fsp3) is 0.267. The number of methoxy groups -OCH3 is 3. The lowest BCUT2D eigenvalue weighted by atomic mass is 10.0. The van der Waals surface area contributed by atoms with Crippen LogP contribution in [0.5, 0.6) is 17.2 Å². The number of aromatic amines is 1. The molecule has 198 valence electrons. The molecule has 3 aromatic carbocycles. The van der Waals surface area contributed by atoms with E-state index in [1.807, 2.05) is 48.7 Å². The Labute approximate surface area is 222 Å². The van der Waals surface area contributed by atoms with Gasteiger partial charge in [-0.1, -0.05) is 30.3 Å². The Morgan fingerprint density at radius 1 is 0.921 bits per heavy atom. The zero-order valence-corrected chi connectivity index (χ0v) is 22.1. The quantitative estimate of drug-likeness (QED) is 0.312. The van der Waals surface area contributed by atoms with E-state index in [1.54, 1.807) is 57.5 Å². The Morgan fingerprint density at radius 2 is 1.71 bits per heavy atom. The normalized spacial score (nSPS) is 11.6. The van der Waals surface area contributed by atoms with Crippen LogP contribution < -0.4 is 19.5 Å². The van der Waals surface area contributed by atoms with Crippen molar-refractivity contribution in [2.45, 2.75) is 18.9 Å². The molecule has 4 rings (SSSR count). The minimum absolute atomic E-state index is 0.174. The van der Waals surface area contributed by atoms with Gasteiger partial charge in [-0.25, -0.2) is 0 Å². The molecule has 38 heavy (non-hydrogen) atoms. The molecule has 4 aromatic rings. The van der Waals surface area contributed by atoms with Crippen LogP contribution in [0.15, 0.2) is 72.9 Å². The second-order valence-electron chi connectivity index (χ2n) is 9.02. The average molecular weight is 516 g/mol. The second-order valence-corrected chi connectivity index (χ2v) is 9.02. The summed E-state index contributed by atoms with van der Waals surface area (Å²) in [5.41, 5.74) is 3.37. The van der Waals surface area contributed by atoms with Crippen molar-refractivity contribution in [2.75, 3.05) is 34.9 Å². The monoisotopic (exact) mass is 515 g/mol. The number of hydrogen-bond donors (Lipinski definition) is 2. The van der Waals surface area contributed by atoms with Gasteiger partial charge in [0.25, 0.3) is 5.91 Å². The number of hydrogen-bond acceptors (Lipinski definition) is 5. The zero-order valence-electron chi connectivity index (χ0n) is 22.1. The first-order chi connectivity index (χ1) is 18.4. The van der Waals surface area contributed by atoms with Crippen LogP contribution in [0.3, 0.4) is 0 Å². The van der Waals surface area contributed by atoms with E-state index in [4.69, 9.17) is 14.2 Å². The van der Waals surface area contributed by atoms with Gasteiger partial charge in [0.05, 0.1) is 21.3 Å². The van der Waals surface area contributed by atoms with E-state index in [0.29, 0.717) is 42.2 Å². The number of nitrogens with one attached hydrogen (secondary N) is 2. The minimum Gasteiger partial charge on any atom is -0.497 e. The fourth-order valence-corrected chi connectivity index (χ4v) is 4.44. The molecule has 0 saturated carbocycles. The number of benzene rings is 3. The Morgan fingerprint density at radius 3 is 2.47 bits per heavy atom. The van der Waals surface area contributed by atoms with E-state index in [0.717, 1.165) is 22.0 Å². The lowest BCUT2D eigenvalue weighted by Crippen LogP contribution is -2.49. The number of carbonyl (C=O) groups excluding carboxylic acids is 2. The van der Waals surface area contributed by atoms with Crippen LogP contribution >= 0.6 is 0 Å². The third-order valence-electron chi connectivity index (χ3n) is 6.59. The van der Waals surface area contributed by atoms with Gasteiger partial charge in [-0.15, -0.1) is 0 Å². The minimum atomic E-state index is -0.761. The Kier molecular flexibility index (Phi) is 8.53. The predicted octanol–water partition coefficient (Wildman–Crippen LogP) is 4.24. The summed E-state index contributed by atoms with van der Waals surface area (Å²) >= 11 is 0. The Bertz CT molecular complexity index is 1410. The van der Waals surface area contributed by atoms with Crippen molar-refractivity contribution in [3.8, 4) is 17.2 Å². The predicted molar refractivity (Wildman–Crippen MR) is 147 cm³/mol. The van der Waals surface area contributed by atoms with Crippen LogP contribution in [0.2, 0.25) is 0 Å². The number of nitrogens with zero attached hydrogens (tertiary/aromatic N) is 1. The summed E-state index contributed by atoms with van der Waals surface area (Å²) < 4.78 is 16.0. The Balaban J connectivity index is 1.53. The molecule has 0 radical (unpaired) electrons. The van der Waals surface area contributed by atoms with Gasteiger partial charge in [0.2, 0.25) is 5.91 Å². The van der Waals surface area contributed by atoms with Gasteiger partial charge >= 0.3 is 0 Å². The van der Waals surface area contributed by atoms with Crippen LogP contribution in [-0.2, 0) is 17.6 Å². The highest BCUT2D eigenvalue weighted by Crippen LogP contribution is 2.28. The summed E-state index contributed by atoms with van der Waals surface area (Å²) in [6.45, 7) is 0.466. The fourth-order valence-electron chi connectivity index (χ4n) is 4.44. The number of fused-ring (bicyclic) bond motifs is 1. The molecule has 1 aromatic heterocycles. The second kappa shape index (κ2) is 12.2. The highest BCUT2D eigenvalue weighted by molar-refractivity contribution is 5.98. The summed E-state index contributed by atoms with van der Waals surface area (Å²) in [5.74, 6) is 1.35. The van der Waals surface area contributed by atoms with E-state index in [9.17, 15) is 9.59 Å². The number of likely N-dealkylation sites (N-methyl/N-ethyl adjacent to an activating group) is 1. The molecular weight excluding hydrogens is 482 g/mol. The zero-order chi connectivity index (χ0) is 27.1. The van der Waals surface area contributed by atoms with Crippen molar-refractivity contribution < 1.29 is 23.8 Å². The van der Waals surface area contributed by atoms with Gasteiger partial charge < -0.3 is 29.4 Å². The maximum atomic E-state index is 13.7. The lowest BCUT2D eigenvalue weighted by Gasteiger charge is -2.25. The molecule has 1 unspecified atom stereocenters. The van der Waals surface area contributed by atoms with E-state index < -0.39 is 6.04 Å². The van der Waals surface area contributed by atoms with Gasteiger partial charge in [0.15, 0.2) is 11.5 Å². The maximum absolute atomic E-state index is 13.7. The van der Waals surface area contributed by atoms with E-state index in [1.165, 1.54) is 0 Å². The molecule has 0 aliphatic heterocycles. The van der Waals surface area contributed by atoms with Crippen LogP contribution in [0.1, 0.15) is 21.5 Å². The van der Waals surface area contributed by atoms with Crippen molar-refractivity contribution >= 4 is 22.7 Å². The first kappa shape index (κ1) is 26.6. The molecule has 0 spiro atoms. The van der Waals surface area contributed by atoms with E-state index >= 15 is 0 Å². The third kappa shape index (κ3) is 6.08. The van der Waals surface area contributed by atoms with Crippen LogP contribution in [0.4, 0.5) is 0 Å². The van der Waals surface area contributed by atoms with Crippen molar-refractivity contribution in [3.63, 3.8) is 0 Å². The molecule has 0 bridgehead atoms. The standard InChI is InChI=1S/C30H33N3O5/c1-33(15-14-20-12-13-27(37-3)28(16-20)38-4)30(35)26(18-22-19-31-25-11-6-5-10-24(22)25)32-29(34)21-8-7-9-23(17-21)36-2/h5-13,16-17,19,26,31H,14-15,18H2,1-4H3,(H,32,34). The van der Waals surface area contributed by atoms with Crippen molar-refractivity contribution in [1.82, 2.24) is 15.2 Å². The van der Waals surface area contributed by atoms with E-state index in [2.05, 4.69) is 10.3 Å². The maximum Gasteiger partial charge on any atom is 0.252 e. The van der Waals surface area contributed by atoms with Crippen LogP contribution in [0.25, 0.3) is 10.9 Å². The summed E-state index contributed by atoms with van der Waals surface area (Å²) in [6.07, 6.45) is 2.86. The van der Waals surface area contributed by atoms with Gasteiger partial charge in [-0.2, -0.15) is 0 Å². The van der Waals surface area contributed by atoms with Crippen LogP contribution in [0, 0.1) is 0 Å². The Hall–Kier alpha value is -4.46. The first-order valence-corrected chi connectivity index (χ1v) is 12.4. The molecule has 8 heteroatoms.